The van der Waals surface area contributed by atoms with E-state index in [1.54, 1.807) is 29.9 Å². The van der Waals surface area contributed by atoms with Gasteiger partial charge in [-0.25, -0.2) is 4.98 Å². The summed E-state index contributed by atoms with van der Waals surface area (Å²) in [5.74, 6) is 0. The number of rotatable bonds is 2. The van der Waals surface area contributed by atoms with Crippen molar-refractivity contribution < 1.29 is 4.52 Å². The minimum Gasteiger partial charge on any atom is -0.356 e. The van der Waals surface area contributed by atoms with Crippen LogP contribution in [0, 0.1) is 0 Å². The van der Waals surface area contributed by atoms with Gasteiger partial charge in [-0.05, 0) is 29.8 Å². The molecule has 0 bridgehead atoms. The number of hydrogen-bond acceptors (Lipinski definition) is 5. The molecule has 4 nitrogen and oxygen atoms in total. The summed E-state index contributed by atoms with van der Waals surface area (Å²) in [6.07, 6.45) is 9.34. The Balaban J connectivity index is 1.69. The van der Waals surface area contributed by atoms with E-state index in [0.717, 1.165) is 31.8 Å². The van der Waals surface area contributed by atoms with Crippen LogP contribution < -0.4 is 0 Å². The van der Waals surface area contributed by atoms with Gasteiger partial charge in [0.25, 0.3) is 0 Å². The van der Waals surface area contributed by atoms with Crippen molar-refractivity contribution in [3.63, 3.8) is 0 Å². The van der Waals surface area contributed by atoms with Crippen molar-refractivity contribution in [2.24, 2.45) is 0 Å². The molecule has 0 amide bonds. The van der Waals surface area contributed by atoms with E-state index < -0.39 is 0 Å². The van der Waals surface area contributed by atoms with E-state index >= 15 is 0 Å². The van der Waals surface area contributed by atoms with Crippen LogP contribution in [0.1, 0.15) is 10.6 Å². The van der Waals surface area contributed by atoms with E-state index in [1.165, 1.54) is 0 Å². The first kappa shape index (κ1) is 11.3. The van der Waals surface area contributed by atoms with Gasteiger partial charge in [-0.1, -0.05) is 17.3 Å². The Morgan fingerprint density at radius 2 is 2.10 bits per heavy atom. The molecule has 0 N–H and O–H groups in total. The zero-order valence-electron chi connectivity index (χ0n) is 10.4. The normalized spacial score (nSPS) is 11.8. The van der Waals surface area contributed by atoms with Gasteiger partial charge in [0.15, 0.2) is 5.58 Å². The number of pyridine rings is 1. The molecule has 20 heavy (non-hydrogen) atoms. The molecule has 3 heterocycles. The topological polar surface area (TPSA) is 51.8 Å². The first-order chi connectivity index (χ1) is 9.88. The van der Waals surface area contributed by atoms with Crippen molar-refractivity contribution >= 4 is 44.7 Å². The van der Waals surface area contributed by atoms with Crippen molar-refractivity contribution in [1.82, 2.24) is 15.1 Å². The maximum atomic E-state index is 5.08. The van der Waals surface area contributed by atoms with Crippen molar-refractivity contribution in [2.75, 3.05) is 0 Å². The highest BCUT2D eigenvalue weighted by Crippen LogP contribution is 2.23. The Morgan fingerprint density at radius 1 is 1.10 bits per heavy atom. The highest BCUT2D eigenvalue weighted by Gasteiger charge is 2.01. The zero-order valence-corrected chi connectivity index (χ0v) is 11.2. The highest BCUT2D eigenvalue weighted by atomic mass is 32.1. The Bertz CT molecular complexity index is 886. The lowest BCUT2D eigenvalue weighted by Crippen LogP contribution is -1.73. The fourth-order valence-electron chi connectivity index (χ4n) is 2.03. The molecule has 0 saturated carbocycles. The molecule has 96 valence electrons. The molecule has 3 aromatic heterocycles. The van der Waals surface area contributed by atoms with E-state index in [9.17, 15) is 0 Å². The summed E-state index contributed by atoms with van der Waals surface area (Å²) in [4.78, 5) is 8.59. The van der Waals surface area contributed by atoms with Crippen molar-refractivity contribution in [3.05, 3.63) is 53.4 Å². The van der Waals surface area contributed by atoms with Crippen LogP contribution in [-0.4, -0.2) is 15.1 Å². The van der Waals surface area contributed by atoms with Crippen LogP contribution in [0.15, 0.2) is 47.4 Å². The molecule has 0 unspecified atom stereocenters. The van der Waals surface area contributed by atoms with E-state index in [1.807, 2.05) is 36.4 Å². The lowest BCUT2D eigenvalue weighted by Gasteiger charge is -1.91. The minimum atomic E-state index is 0.799. The van der Waals surface area contributed by atoms with E-state index in [2.05, 4.69) is 15.1 Å². The van der Waals surface area contributed by atoms with Crippen molar-refractivity contribution in [1.29, 1.82) is 0 Å². The van der Waals surface area contributed by atoms with E-state index in [-0.39, 0.29) is 0 Å². The molecule has 0 aliphatic heterocycles. The maximum Gasteiger partial charge on any atom is 0.166 e. The second kappa shape index (κ2) is 4.54. The Kier molecular flexibility index (Phi) is 2.57. The average Bonchev–Trinajstić information content (AvgIpc) is 3.10. The smallest absolute Gasteiger partial charge is 0.166 e. The summed E-state index contributed by atoms with van der Waals surface area (Å²) in [5.41, 5.74) is 2.83. The van der Waals surface area contributed by atoms with Gasteiger partial charge in [0.2, 0.25) is 0 Å². The van der Waals surface area contributed by atoms with Crippen LogP contribution in [0.4, 0.5) is 0 Å². The summed E-state index contributed by atoms with van der Waals surface area (Å²) in [6.45, 7) is 0. The SMILES string of the molecule is C(=C\c1nc2cnccc2s1)/c1ccc2oncc2c1. The third kappa shape index (κ3) is 1.98. The molecule has 0 saturated heterocycles. The van der Waals surface area contributed by atoms with Crippen LogP contribution >= 0.6 is 11.3 Å². The van der Waals surface area contributed by atoms with Gasteiger partial charge in [0.05, 0.1) is 17.1 Å². The number of nitrogens with zero attached hydrogens (tertiary/aromatic N) is 3. The summed E-state index contributed by atoms with van der Waals surface area (Å²) >= 11 is 1.65. The summed E-state index contributed by atoms with van der Waals surface area (Å²) in [7, 11) is 0. The third-order valence-corrected chi connectivity index (χ3v) is 4.00. The molecule has 4 aromatic rings. The molecule has 0 spiro atoms. The Hall–Kier alpha value is -2.53. The average molecular weight is 279 g/mol. The molecule has 0 aliphatic rings. The van der Waals surface area contributed by atoms with Crippen LogP contribution in [-0.2, 0) is 0 Å². The fraction of sp³-hybridized carbons (Fsp3) is 0. The molecular formula is C15H9N3OS. The highest BCUT2D eigenvalue weighted by molar-refractivity contribution is 7.19. The third-order valence-electron chi connectivity index (χ3n) is 3.00. The summed E-state index contributed by atoms with van der Waals surface area (Å²) < 4.78 is 6.23. The van der Waals surface area contributed by atoms with Crippen LogP contribution in [0.25, 0.3) is 33.3 Å². The molecule has 0 atom stereocenters. The molecule has 1 aromatic carbocycles. The summed E-state index contributed by atoms with van der Waals surface area (Å²) in [5, 5.41) is 5.74. The first-order valence-electron chi connectivity index (χ1n) is 6.11. The standard InChI is InChI=1S/C15H9N3OS/c1-3-13-11(8-17-19-13)7-10(1)2-4-15-18-12-9-16-6-5-14(12)20-15/h1-9H/b4-2+. The molecule has 4 rings (SSSR count). The van der Waals surface area contributed by atoms with Crippen LogP contribution in [0.2, 0.25) is 0 Å². The van der Waals surface area contributed by atoms with E-state index in [4.69, 9.17) is 4.52 Å². The quantitative estimate of drug-likeness (QED) is 0.556. The number of aromatic nitrogens is 3. The van der Waals surface area contributed by atoms with Gasteiger partial charge in [0, 0.05) is 11.6 Å². The number of thiazole rings is 1. The van der Waals surface area contributed by atoms with Gasteiger partial charge < -0.3 is 4.52 Å². The van der Waals surface area contributed by atoms with Gasteiger partial charge in [-0.3, -0.25) is 4.98 Å². The van der Waals surface area contributed by atoms with Crippen molar-refractivity contribution in [2.45, 2.75) is 0 Å². The number of fused-ring (bicyclic) bond motifs is 2. The fourth-order valence-corrected chi connectivity index (χ4v) is 2.87. The van der Waals surface area contributed by atoms with Crippen LogP contribution in [0.3, 0.4) is 0 Å². The van der Waals surface area contributed by atoms with Crippen LogP contribution in [0.5, 0.6) is 0 Å². The second-order valence-electron chi connectivity index (χ2n) is 4.35. The van der Waals surface area contributed by atoms with Gasteiger partial charge >= 0.3 is 0 Å². The minimum absolute atomic E-state index is 0.799. The molecule has 0 radical (unpaired) electrons. The lowest BCUT2D eigenvalue weighted by atomic mass is 10.1. The number of hydrogen-bond donors (Lipinski definition) is 0. The summed E-state index contributed by atoms with van der Waals surface area (Å²) in [6, 6.07) is 7.94. The van der Waals surface area contributed by atoms with Gasteiger partial charge in [0.1, 0.15) is 10.5 Å². The lowest BCUT2D eigenvalue weighted by molar-refractivity contribution is 0.456. The monoisotopic (exact) mass is 279 g/mol. The van der Waals surface area contributed by atoms with Crippen molar-refractivity contribution in [3.8, 4) is 0 Å². The number of benzene rings is 1. The Labute approximate surface area is 118 Å². The largest absolute Gasteiger partial charge is 0.356 e. The first-order valence-corrected chi connectivity index (χ1v) is 6.93. The molecule has 0 aliphatic carbocycles. The Morgan fingerprint density at radius 3 is 3.05 bits per heavy atom. The van der Waals surface area contributed by atoms with E-state index in [0.29, 0.717) is 0 Å². The molecule has 0 fully saturated rings. The molecular weight excluding hydrogens is 270 g/mol. The predicted molar refractivity (Wildman–Crippen MR) is 80.4 cm³/mol. The maximum absolute atomic E-state index is 5.08. The molecule has 5 heteroatoms. The van der Waals surface area contributed by atoms with Gasteiger partial charge in [-0.2, -0.15) is 0 Å². The zero-order chi connectivity index (χ0) is 13.4. The second-order valence-corrected chi connectivity index (χ2v) is 5.41. The predicted octanol–water partition coefficient (Wildman–Crippen LogP) is 4.00. The van der Waals surface area contributed by atoms with Gasteiger partial charge in [-0.15, -0.1) is 11.3 Å².